The minimum absolute atomic E-state index is 0.258. The van der Waals surface area contributed by atoms with E-state index in [1.807, 2.05) is 36.4 Å². The van der Waals surface area contributed by atoms with Gasteiger partial charge in [0.25, 0.3) is 5.91 Å². The predicted octanol–water partition coefficient (Wildman–Crippen LogP) is 3.48. The molecule has 0 aromatic heterocycles. The average molecular weight is 299 g/mol. The van der Waals surface area contributed by atoms with Gasteiger partial charge in [0.15, 0.2) is 0 Å². The first-order valence-electron chi connectivity index (χ1n) is 7.09. The SMILES string of the molecule is N#Cc1ccc(/C=N/NC(=O)c2cccc3ccccc23)cc1. The molecule has 4 heteroatoms. The van der Waals surface area contributed by atoms with Gasteiger partial charge in [-0.1, -0.05) is 48.5 Å². The van der Waals surface area contributed by atoms with Crippen LogP contribution in [0.3, 0.4) is 0 Å². The Morgan fingerprint density at radius 3 is 2.52 bits per heavy atom. The van der Waals surface area contributed by atoms with Gasteiger partial charge < -0.3 is 0 Å². The fraction of sp³-hybridized carbons (Fsp3) is 0. The lowest BCUT2D eigenvalue weighted by atomic mass is 10.0. The molecule has 0 saturated heterocycles. The first-order chi connectivity index (χ1) is 11.3. The summed E-state index contributed by atoms with van der Waals surface area (Å²) in [6.45, 7) is 0. The lowest BCUT2D eigenvalue weighted by Crippen LogP contribution is -2.17. The van der Waals surface area contributed by atoms with Crippen molar-refractivity contribution in [3.63, 3.8) is 0 Å². The molecule has 0 aliphatic heterocycles. The lowest BCUT2D eigenvalue weighted by Gasteiger charge is -2.04. The van der Waals surface area contributed by atoms with Crippen LogP contribution in [0.4, 0.5) is 0 Å². The van der Waals surface area contributed by atoms with Crippen LogP contribution >= 0.6 is 0 Å². The molecule has 0 heterocycles. The summed E-state index contributed by atoms with van der Waals surface area (Å²) < 4.78 is 0. The van der Waals surface area contributed by atoms with Gasteiger partial charge >= 0.3 is 0 Å². The monoisotopic (exact) mass is 299 g/mol. The number of hydrazone groups is 1. The van der Waals surface area contributed by atoms with Crippen LogP contribution in [0.1, 0.15) is 21.5 Å². The van der Waals surface area contributed by atoms with Gasteiger partial charge in [-0.05, 0) is 34.5 Å². The van der Waals surface area contributed by atoms with Gasteiger partial charge in [-0.3, -0.25) is 4.79 Å². The molecule has 0 atom stereocenters. The molecule has 3 rings (SSSR count). The normalized spacial score (nSPS) is 10.6. The van der Waals surface area contributed by atoms with Crippen LogP contribution in [0.2, 0.25) is 0 Å². The number of rotatable bonds is 3. The third kappa shape index (κ3) is 3.25. The summed E-state index contributed by atoms with van der Waals surface area (Å²) in [5, 5.41) is 14.6. The first-order valence-corrected chi connectivity index (χ1v) is 7.09. The van der Waals surface area contributed by atoms with Crippen LogP contribution in [0.25, 0.3) is 10.8 Å². The second kappa shape index (κ2) is 6.54. The summed E-state index contributed by atoms with van der Waals surface area (Å²) in [6, 6.07) is 22.3. The van der Waals surface area contributed by atoms with Crippen molar-refractivity contribution < 1.29 is 4.79 Å². The maximum absolute atomic E-state index is 12.3. The smallest absolute Gasteiger partial charge is 0.267 e. The van der Waals surface area contributed by atoms with Crippen molar-refractivity contribution in [3.05, 3.63) is 83.4 Å². The van der Waals surface area contributed by atoms with Gasteiger partial charge in [0.2, 0.25) is 0 Å². The zero-order valence-corrected chi connectivity index (χ0v) is 12.2. The van der Waals surface area contributed by atoms with Crippen molar-refractivity contribution in [3.8, 4) is 6.07 Å². The van der Waals surface area contributed by atoms with E-state index in [2.05, 4.69) is 16.6 Å². The third-order valence-corrected chi connectivity index (χ3v) is 3.45. The zero-order chi connectivity index (χ0) is 16.1. The van der Waals surface area contributed by atoms with Crippen LogP contribution < -0.4 is 5.43 Å². The van der Waals surface area contributed by atoms with Crippen molar-refractivity contribution in [2.24, 2.45) is 5.10 Å². The number of nitrogens with one attached hydrogen (secondary N) is 1. The molecule has 3 aromatic carbocycles. The van der Waals surface area contributed by atoms with E-state index < -0.39 is 0 Å². The minimum Gasteiger partial charge on any atom is -0.267 e. The molecule has 0 aliphatic rings. The number of benzene rings is 3. The quantitative estimate of drug-likeness (QED) is 0.594. The Bertz CT molecular complexity index is 916. The minimum atomic E-state index is -0.258. The summed E-state index contributed by atoms with van der Waals surface area (Å²) in [5.74, 6) is -0.258. The van der Waals surface area contributed by atoms with E-state index in [1.165, 1.54) is 0 Å². The first kappa shape index (κ1) is 14.5. The second-order valence-corrected chi connectivity index (χ2v) is 4.96. The molecule has 0 fully saturated rings. The Hall–Kier alpha value is -3.45. The number of nitriles is 1. The van der Waals surface area contributed by atoms with Crippen LogP contribution in [0.5, 0.6) is 0 Å². The molecule has 3 aromatic rings. The summed E-state index contributed by atoms with van der Waals surface area (Å²) in [6.07, 6.45) is 1.55. The highest BCUT2D eigenvalue weighted by Crippen LogP contribution is 2.18. The molecule has 0 aliphatic carbocycles. The number of hydrogen-bond donors (Lipinski definition) is 1. The van der Waals surface area contributed by atoms with Crippen LogP contribution in [0.15, 0.2) is 71.8 Å². The van der Waals surface area contributed by atoms with Gasteiger partial charge in [0, 0.05) is 5.56 Å². The number of amides is 1. The largest absolute Gasteiger partial charge is 0.271 e. The molecular weight excluding hydrogens is 286 g/mol. The number of carbonyl (C=O) groups excluding carboxylic acids is 1. The summed E-state index contributed by atoms with van der Waals surface area (Å²) in [5.41, 5.74) is 4.51. The molecular formula is C19H13N3O. The molecule has 0 bridgehead atoms. The van der Waals surface area contributed by atoms with E-state index in [1.54, 1.807) is 36.5 Å². The van der Waals surface area contributed by atoms with Crippen molar-refractivity contribution in [2.45, 2.75) is 0 Å². The Kier molecular flexibility index (Phi) is 4.12. The highest BCUT2D eigenvalue weighted by Gasteiger charge is 2.08. The molecule has 23 heavy (non-hydrogen) atoms. The second-order valence-electron chi connectivity index (χ2n) is 4.96. The van der Waals surface area contributed by atoms with Gasteiger partial charge in [0.05, 0.1) is 17.8 Å². The zero-order valence-electron chi connectivity index (χ0n) is 12.2. The molecule has 0 unspecified atom stereocenters. The Morgan fingerprint density at radius 1 is 1.00 bits per heavy atom. The lowest BCUT2D eigenvalue weighted by molar-refractivity contribution is 0.0957. The number of fused-ring (bicyclic) bond motifs is 1. The fourth-order valence-electron chi connectivity index (χ4n) is 2.29. The fourth-order valence-corrected chi connectivity index (χ4v) is 2.29. The van der Waals surface area contributed by atoms with Gasteiger partial charge in [-0.25, -0.2) is 5.43 Å². The van der Waals surface area contributed by atoms with E-state index in [-0.39, 0.29) is 5.91 Å². The van der Waals surface area contributed by atoms with Gasteiger partial charge in [-0.2, -0.15) is 10.4 Å². The Labute approximate surface area is 133 Å². The predicted molar refractivity (Wildman–Crippen MR) is 90.2 cm³/mol. The van der Waals surface area contributed by atoms with Crippen LogP contribution in [-0.4, -0.2) is 12.1 Å². The van der Waals surface area contributed by atoms with Crippen LogP contribution in [0, 0.1) is 11.3 Å². The Morgan fingerprint density at radius 2 is 1.74 bits per heavy atom. The van der Waals surface area contributed by atoms with Gasteiger partial charge in [0.1, 0.15) is 0 Å². The average Bonchev–Trinajstić information content (AvgIpc) is 2.61. The molecule has 4 nitrogen and oxygen atoms in total. The molecule has 0 spiro atoms. The topological polar surface area (TPSA) is 65.2 Å². The Balaban J connectivity index is 1.76. The van der Waals surface area contributed by atoms with Crippen LogP contribution in [-0.2, 0) is 0 Å². The molecule has 110 valence electrons. The van der Waals surface area contributed by atoms with E-state index in [0.29, 0.717) is 11.1 Å². The van der Waals surface area contributed by atoms with E-state index in [4.69, 9.17) is 5.26 Å². The molecule has 0 saturated carbocycles. The van der Waals surface area contributed by atoms with Crippen molar-refractivity contribution in [2.75, 3.05) is 0 Å². The van der Waals surface area contributed by atoms with Crippen molar-refractivity contribution in [1.82, 2.24) is 5.43 Å². The maximum atomic E-state index is 12.3. The summed E-state index contributed by atoms with van der Waals surface area (Å²) >= 11 is 0. The van der Waals surface area contributed by atoms with E-state index >= 15 is 0 Å². The van der Waals surface area contributed by atoms with Crippen molar-refractivity contribution in [1.29, 1.82) is 5.26 Å². The number of nitrogens with zero attached hydrogens (tertiary/aromatic N) is 2. The maximum Gasteiger partial charge on any atom is 0.271 e. The highest BCUT2D eigenvalue weighted by molar-refractivity contribution is 6.07. The van der Waals surface area contributed by atoms with E-state index in [9.17, 15) is 4.79 Å². The highest BCUT2D eigenvalue weighted by atomic mass is 16.2. The number of carbonyl (C=O) groups is 1. The molecule has 1 N–H and O–H groups in total. The summed E-state index contributed by atoms with van der Waals surface area (Å²) in [4.78, 5) is 12.3. The standard InChI is InChI=1S/C19H13N3O/c20-12-14-8-10-15(11-9-14)13-21-22-19(23)18-7-3-5-16-4-1-2-6-17(16)18/h1-11,13H,(H,22,23)/b21-13+. The van der Waals surface area contributed by atoms with Gasteiger partial charge in [-0.15, -0.1) is 0 Å². The van der Waals surface area contributed by atoms with E-state index in [0.717, 1.165) is 16.3 Å². The third-order valence-electron chi connectivity index (χ3n) is 3.45. The van der Waals surface area contributed by atoms with Crippen molar-refractivity contribution >= 4 is 22.9 Å². The molecule has 1 amide bonds. The number of hydrogen-bond acceptors (Lipinski definition) is 3. The molecule has 0 radical (unpaired) electrons. The summed E-state index contributed by atoms with van der Waals surface area (Å²) in [7, 11) is 0.